The molecule has 0 aromatic heterocycles. The van der Waals surface area contributed by atoms with Crippen molar-refractivity contribution in [3.63, 3.8) is 0 Å². The second-order valence-electron chi connectivity index (χ2n) is 10.5. The molecule has 0 saturated carbocycles. The second kappa shape index (κ2) is 15.3. The standard InChI is InChI=1S/C33H31Cl4N3O4S/c1-22(2)38-33(42)31(18-23-10-5-3-6-11-23)39(20-26-27(35)14-9-15-28(26)36)32(41)21-40(30-19-24(34)16-17-29(30)37)45(43,44)25-12-7-4-8-13-25/h3-17,19,22,31H,18,20-21H2,1-2H3,(H,38,42)/t31-/m0/s1. The molecule has 0 unspecified atom stereocenters. The Kier molecular flexibility index (Phi) is 11.8. The molecule has 7 nitrogen and oxygen atoms in total. The number of hydrogen-bond acceptors (Lipinski definition) is 4. The number of nitrogens with one attached hydrogen (secondary N) is 1. The molecule has 236 valence electrons. The minimum atomic E-state index is -4.34. The molecule has 0 bridgehead atoms. The molecule has 0 saturated heterocycles. The summed E-state index contributed by atoms with van der Waals surface area (Å²) in [6.07, 6.45) is 0.135. The van der Waals surface area contributed by atoms with Crippen molar-refractivity contribution in [3.8, 4) is 0 Å². The highest BCUT2D eigenvalue weighted by Crippen LogP contribution is 2.34. The minimum Gasteiger partial charge on any atom is -0.352 e. The van der Waals surface area contributed by atoms with E-state index in [9.17, 15) is 18.0 Å². The van der Waals surface area contributed by atoms with Gasteiger partial charge < -0.3 is 10.2 Å². The van der Waals surface area contributed by atoms with E-state index < -0.39 is 34.4 Å². The van der Waals surface area contributed by atoms with Gasteiger partial charge in [0.05, 0.1) is 15.6 Å². The Balaban J connectivity index is 1.86. The maximum Gasteiger partial charge on any atom is 0.264 e. The maximum absolute atomic E-state index is 14.5. The summed E-state index contributed by atoms with van der Waals surface area (Å²) in [4.78, 5) is 29.6. The molecule has 0 radical (unpaired) electrons. The van der Waals surface area contributed by atoms with Gasteiger partial charge in [-0.05, 0) is 61.9 Å². The van der Waals surface area contributed by atoms with Crippen LogP contribution in [-0.4, -0.2) is 43.8 Å². The maximum atomic E-state index is 14.5. The third kappa shape index (κ3) is 8.71. The smallest absolute Gasteiger partial charge is 0.264 e. The van der Waals surface area contributed by atoms with Gasteiger partial charge in [-0.15, -0.1) is 0 Å². The fraction of sp³-hybridized carbons (Fsp3) is 0.212. The topological polar surface area (TPSA) is 86.8 Å². The largest absolute Gasteiger partial charge is 0.352 e. The van der Waals surface area contributed by atoms with E-state index in [4.69, 9.17) is 46.4 Å². The summed E-state index contributed by atoms with van der Waals surface area (Å²) in [7, 11) is -4.34. The predicted octanol–water partition coefficient (Wildman–Crippen LogP) is 7.66. The van der Waals surface area contributed by atoms with Crippen molar-refractivity contribution in [2.75, 3.05) is 10.8 Å². The summed E-state index contributed by atoms with van der Waals surface area (Å²) in [6.45, 7) is 2.73. The van der Waals surface area contributed by atoms with Gasteiger partial charge in [-0.1, -0.05) is 101 Å². The zero-order chi connectivity index (χ0) is 32.7. The van der Waals surface area contributed by atoms with Crippen molar-refractivity contribution in [1.29, 1.82) is 0 Å². The van der Waals surface area contributed by atoms with Crippen molar-refractivity contribution in [2.45, 2.75) is 43.8 Å². The Labute approximate surface area is 283 Å². The summed E-state index contributed by atoms with van der Waals surface area (Å²) >= 11 is 25.9. The van der Waals surface area contributed by atoms with Crippen LogP contribution < -0.4 is 9.62 Å². The Morgan fingerprint density at radius 1 is 0.778 bits per heavy atom. The number of hydrogen-bond donors (Lipinski definition) is 1. The van der Waals surface area contributed by atoms with Crippen LogP contribution in [0.3, 0.4) is 0 Å². The van der Waals surface area contributed by atoms with Gasteiger partial charge in [-0.3, -0.25) is 13.9 Å². The zero-order valence-electron chi connectivity index (χ0n) is 24.5. The highest BCUT2D eigenvalue weighted by atomic mass is 35.5. The van der Waals surface area contributed by atoms with E-state index in [0.29, 0.717) is 5.56 Å². The van der Waals surface area contributed by atoms with Gasteiger partial charge in [0, 0.05) is 39.6 Å². The average molecular weight is 708 g/mol. The van der Waals surface area contributed by atoms with Gasteiger partial charge in [-0.2, -0.15) is 0 Å². The molecule has 1 N–H and O–H groups in total. The van der Waals surface area contributed by atoms with Crippen molar-refractivity contribution >= 4 is 73.9 Å². The lowest BCUT2D eigenvalue weighted by Gasteiger charge is -2.34. The summed E-state index contributed by atoms with van der Waals surface area (Å²) in [5, 5.41) is 3.75. The third-order valence-electron chi connectivity index (χ3n) is 6.88. The summed E-state index contributed by atoms with van der Waals surface area (Å²) in [5.74, 6) is -1.12. The fourth-order valence-electron chi connectivity index (χ4n) is 4.70. The van der Waals surface area contributed by atoms with Crippen molar-refractivity contribution in [1.82, 2.24) is 10.2 Å². The van der Waals surface area contributed by atoms with Gasteiger partial charge >= 0.3 is 0 Å². The van der Waals surface area contributed by atoms with Crippen LogP contribution in [0.25, 0.3) is 0 Å². The van der Waals surface area contributed by atoms with Crippen molar-refractivity contribution < 1.29 is 18.0 Å². The lowest BCUT2D eigenvalue weighted by Crippen LogP contribution is -2.54. The highest BCUT2D eigenvalue weighted by molar-refractivity contribution is 7.92. The lowest BCUT2D eigenvalue weighted by atomic mass is 10.0. The summed E-state index contributed by atoms with van der Waals surface area (Å²) < 4.78 is 29.1. The molecule has 0 spiro atoms. The monoisotopic (exact) mass is 705 g/mol. The highest BCUT2D eigenvalue weighted by Gasteiger charge is 2.36. The van der Waals surface area contributed by atoms with E-state index in [-0.39, 0.29) is 49.7 Å². The fourth-order valence-corrected chi connectivity index (χ4v) is 7.10. The van der Waals surface area contributed by atoms with Crippen molar-refractivity contribution in [2.24, 2.45) is 0 Å². The average Bonchev–Trinajstić information content (AvgIpc) is 3.00. The minimum absolute atomic E-state index is 0.00309. The molecule has 0 aliphatic carbocycles. The number of amides is 2. The first-order chi connectivity index (χ1) is 21.4. The van der Waals surface area contributed by atoms with E-state index >= 15 is 0 Å². The van der Waals surface area contributed by atoms with Crippen LogP contribution in [-0.2, 0) is 32.6 Å². The lowest BCUT2D eigenvalue weighted by molar-refractivity contribution is -0.140. The van der Waals surface area contributed by atoms with Crippen molar-refractivity contribution in [3.05, 3.63) is 128 Å². The Hall–Kier alpha value is -3.27. The SMILES string of the molecule is CC(C)NC(=O)[C@H](Cc1ccccc1)N(Cc1c(Cl)cccc1Cl)C(=O)CN(c1cc(Cl)ccc1Cl)S(=O)(=O)c1ccccc1. The molecule has 0 heterocycles. The number of halogens is 4. The van der Waals surface area contributed by atoms with E-state index in [1.165, 1.54) is 35.2 Å². The number of carbonyl (C=O) groups is 2. The number of rotatable bonds is 12. The molecule has 4 rings (SSSR count). The number of nitrogens with zero attached hydrogens (tertiary/aromatic N) is 2. The van der Waals surface area contributed by atoms with Gasteiger partial charge in [0.25, 0.3) is 10.0 Å². The zero-order valence-corrected chi connectivity index (χ0v) is 28.3. The molecule has 12 heteroatoms. The first-order valence-electron chi connectivity index (χ1n) is 14.0. The first kappa shape index (κ1) is 34.6. The molecular formula is C33H31Cl4N3O4S. The van der Waals surface area contributed by atoms with Crippen LogP contribution in [0.1, 0.15) is 25.0 Å². The number of anilines is 1. The second-order valence-corrected chi connectivity index (χ2v) is 14.0. The first-order valence-corrected chi connectivity index (χ1v) is 16.9. The van der Waals surface area contributed by atoms with Gasteiger partial charge in [-0.25, -0.2) is 8.42 Å². The molecule has 4 aromatic rings. The van der Waals surface area contributed by atoms with Gasteiger partial charge in [0.1, 0.15) is 12.6 Å². The molecule has 1 atom stereocenters. The van der Waals surface area contributed by atoms with E-state index in [1.54, 1.807) is 36.4 Å². The molecule has 0 fully saturated rings. The number of carbonyl (C=O) groups excluding carboxylic acids is 2. The van der Waals surface area contributed by atoms with Gasteiger partial charge in [0.2, 0.25) is 11.8 Å². The normalized spacial score (nSPS) is 12.1. The molecule has 2 amide bonds. The van der Waals surface area contributed by atoms with E-state index in [0.717, 1.165) is 9.87 Å². The molecular weight excluding hydrogens is 676 g/mol. The summed E-state index contributed by atoms with van der Waals surface area (Å²) in [5.41, 5.74) is 1.20. The Bertz CT molecular complexity index is 1740. The molecule has 45 heavy (non-hydrogen) atoms. The van der Waals surface area contributed by atoms with Crippen LogP contribution >= 0.6 is 46.4 Å². The van der Waals surface area contributed by atoms with Gasteiger partial charge in [0.15, 0.2) is 0 Å². The van der Waals surface area contributed by atoms with Crippen LogP contribution in [0.4, 0.5) is 5.69 Å². The van der Waals surface area contributed by atoms with E-state index in [1.807, 2.05) is 44.2 Å². The predicted molar refractivity (Wildman–Crippen MR) is 182 cm³/mol. The summed E-state index contributed by atoms with van der Waals surface area (Å²) in [6, 6.07) is 24.8. The Morgan fingerprint density at radius 3 is 1.98 bits per heavy atom. The van der Waals surface area contributed by atoms with Crippen LogP contribution in [0.5, 0.6) is 0 Å². The molecule has 0 aliphatic heterocycles. The van der Waals surface area contributed by atoms with E-state index in [2.05, 4.69) is 5.32 Å². The number of sulfonamides is 1. The molecule has 0 aliphatic rings. The van der Waals surface area contributed by atoms with Crippen LogP contribution in [0.15, 0.2) is 102 Å². The van der Waals surface area contributed by atoms with Crippen LogP contribution in [0, 0.1) is 0 Å². The quantitative estimate of drug-likeness (QED) is 0.164. The third-order valence-corrected chi connectivity index (χ3v) is 9.92. The van der Waals surface area contributed by atoms with Crippen LogP contribution in [0.2, 0.25) is 20.1 Å². The Morgan fingerprint density at radius 2 is 1.38 bits per heavy atom. The molecule has 4 aromatic carbocycles. The number of benzene rings is 4.